The molecule has 1 saturated heterocycles. The van der Waals surface area contributed by atoms with Gasteiger partial charge in [-0.25, -0.2) is 0 Å². The van der Waals surface area contributed by atoms with Crippen LogP contribution in [0.5, 0.6) is 0 Å². The van der Waals surface area contributed by atoms with Gasteiger partial charge in [-0.05, 0) is 43.2 Å². The summed E-state index contributed by atoms with van der Waals surface area (Å²) in [5.74, 6) is 2.00. The van der Waals surface area contributed by atoms with Crippen molar-refractivity contribution >= 4 is 23.1 Å². The molecule has 0 radical (unpaired) electrons. The van der Waals surface area contributed by atoms with E-state index in [1.165, 1.54) is 10.4 Å². The number of rotatable bonds is 8. The van der Waals surface area contributed by atoms with Crippen LogP contribution in [0.25, 0.3) is 0 Å². The number of hydrogen-bond acceptors (Lipinski definition) is 5. The highest BCUT2D eigenvalue weighted by atomic mass is 32.2. The first-order chi connectivity index (χ1) is 13.3. The van der Waals surface area contributed by atoms with Crippen molar-refractivity contribution in [2.45, 2.75) is 56.5 Å². The Hall–Kier alpha value is -1.63. The van der Waals surface area contributed by atoms with E-state index in [4.69, 9.17) is 4.74 Å². The summed E-state index contributed by atoms with van der Waals surface area (Å²) < 4.78 is 8.27. The van der Waals surface area contributed by atoms with E-state index < -0.39 is 0 Å². The van der Waals surface area contributed by atoms with Crippen molar-refractivity contribution in [3.05, 3.63) is 64.1 Å². The van der Waals surface area contributed by atoms with Gasteiger partial charge in [-0.3, -0.25) is 0 Å². The van der Waals surface area contributed by atoms with Crippen molar-refractivity contribution in [2.24, 2.45) is 0 Å². The molecule has 3 heterocycles. The molecule has 0 amide bonds. The fourth-order valence-corrected chi connectivity index (χ4v) is 5.14. The van der Waals surface area contributed by atoms with Crippen LogP contribution < -0.4 is 0 Å². The highest BCUT2D eigenvalue weighted by Crippen LogP contribution is 2.27. The molecule has 0 unspecified atom stereocenters. The number of hydrogen-bond donors (Lipinski definition) is 0. The molecule has 6 heteroatoms. The van der Waals surface area contributed by atoms with Gasteiger partial charge in [0.1, 0.15) is 5.82 Å². The van der Waals surface area contributed by atoms with Crippen molar-refractivity contribution in [3.8, 4) is 0 Å². The Labute approximate surface area is 169 Å². The molecule has 1 aliphatic heterocycles. The standard InChI is InChI=1S/C21H25N3OS2/c1-16-9-10-18(25-16)15-27-21-23-22-20(14-19-8-5-13-26-19)24(21)12-11-17-6-3-2-4-7-17/h2-8,13,16,18H,9-12,14-15H2,1H3/t16-,18-/m0/s1. The number of ether oxygens (including phenoxy) is 1. The highest BCUT2D eigenvalue weighted by molar-refractivity contribution is 7.99. The van der Waals surface area contributed by atoms with Gasteiger partial charge in [-0.1, -0.05) is 48.2 Å². The molecule has 27 heavy (non-hydrogen) atoms. The van der Waals surface area contributed by atoms with Gasteiger partial charge in [-0.15, -0.1) is 21.5 Å². The van der Waals surface area contributed by atoms with Gasteiger partial charge in [0, 0.05) is 23.6 Å². The quantitative estimate of drug-likeness (QED) is 0.509. The van der Waals surface area contributed by atoms with E-state index in [2.05, 4.69) is 69.5 Å². The lowest BCUT2D eigenvalue weighted by molar-refractivity contribution is 0.0699. The van der Waals surface area contributed by atoms with Gasteiger partial charge < -0.3 is 9.30 Å². The first-order valence-corrected chi connectivity index (χ1v) is 11.4. The van der Waals surface area contributed by atoms with E-state index >= 15 is 0 Å². The average Bonchev–Trinajstić information content (AvgIpc) is 3.42. The Morgan fingerprint density at radius 2 is 2.04 bits per heavy atom. The molecule has 0 N–H and O–H groups in total. The zero-order valence-electron chi connectivity index (χ0n) is 15.6. The monoisotopic (exact) mass is 399 g/mol. The fraction of sp³-hybridized carbons (Fsp3) is 0.429. The Morgan fingerprint density at radius 1 is 1.15 bits per heavy atom. The second-order valence-electron chi connectivity index (χ2n) is 7.00. The second kappa shape index (κ2) is 9.04. The fourth-order valence-electron chi connectivity index (χ4n) is 3.41. The third-order valence-electron chi connectivity index (χ3n) is 4.89. The first kappa shape index (κ1) is 18.7. The summed E-state index contributed by atoms with van der Waals surface area (Å²) in [6.07, 6.45) is 4.87. The van der Waals surface area contributed by atoms with Crippen LogP contribution in [-0.4, -0.2) is 32.7 Å². The molecule has 0 aliphatic carbocycles. The molecule has 0 bridgehead atoms. The predicted molar refractivity (Wildman–Crippen MR) is 112 cm³/mol. The van der Waals surface area contributed by atoms with Crippen LogP contribution in [0.1, 0.15) is 36.0 Å². The molecule has 1 fully saturated rings. The second-order valence-corrected chi connectivity index (χ2v) is 9.02. The van der Waals surface area contributed by atoms with Gasteiger partial charge >= 0.3 is 0 Å². The number of thiophene rings is 1. The van der Waals surface area contributed by atoms with E-state index in [1.807, 2.05) is 0 Å². The lowest BCUT2D eigenvalue weighted by Gasteiger charge is -2.12. The molecule has 4 rings (SSSR count). The molecular formula is C21H25N3OS2. The number of aromatic nitrogens is 3. The first-order valence-electron chi connectivity index (χ1n) is 9.54. The molecule has 2 atom stereocenters. The maximum Gasteiger partial charge on any atom is 0.191 e. The lowest BCUT2D eigenvalue weighted by Crippen LogP contribution is -2.13. The van der Waals surface area contributed by atoms with Gasteiger partial charge in [0.25, 0.3) is 0 Å². The molecule has 142 valence electrons. The van der Waals surface area contributed by atoms with Crippen LogP contribution in [0.2, 0.25) is 0 Å². The van der Waals surface area contributed by atoms with Crippen molar-refractivity contribution in [1.29, 1.82) is 0 Å². The summed E-state index contributed by atoms with van der Waals surface area (Å²) in [5, 5.41) is 12.2. The third kappa shape index (κ3) is 5.00. The summed E-state index contributed by atoms with van der Waals surface area (Å²) in [4.78, 5) is 1.33. The molecule has 0 saturated carbocycles. The van der Waals surface area contributed by atoms with Crippen molar-refractivity contribution in [2.75, 3.05) is 5.75 Å². The Morgan fingerprint density at radius 3 is 2.78 bits per heavy atom. The van der Waals surface area contributed by atoms with Crippen molar-refractivity contribution in [3.63, 3.8) is 0 Å². The van der Waals surface area contributed by atoms with Crippen molar-refractivity contribution in [1.82, 2.24) is 14.8 Å². The molecular weight excluding hydrogens is 374 g/mol. The summed E-state index contributed by atoms with van der Waals surface area (Å²) >= 11 is 3.56. The Kier molecular flexibility index (Phi) is 6.27. The number of aryl methyl sites for hydroxylation is 1. The molecule has 4 nitrogen and oxygen atoms in total. The largest absolute Gasteiger partial charge is 0.374 e. The van der Waals surface area contributed by atoms with E-state index in [1.54, 1.807) is 23.1 Å². The summed E-state index contributed by atoms with van der Waals surface area (Å²) in [6.45, 7) is 3.06. The summed E-state index contributed by atoms with van der Waals surface area (Å²) in [7, 11) is 0. The summed E-state index contributed by atoms with van der Waals surface area (Å²) in [5.41, 5.74) is 1.34. The summed E-state index contributed by atoms with van der Waals surface area (Å²) in [6, 6.07) is 14.9. The highest BCUT2D eigenvalue weighted by Gasteiger charge is 2.23. The molecule has 3 aromatic rings. The van der Waals surface area contributed by atoms with Crippen LogP contribution >= 0.6 is 23.1 Å². The minimum atomic E-state index is 0.338. The third-order valence-corrected chi connectivity index (χ3v) is 6.87. The Bertz CT molecular complexity index is 833. The van der Waals surface area contributed by atoms with Gasteiger partial charge in [-0.2, -0.15) is 0 Å². The van der Waals surface area contributed by atoms with Crippen molar-refractivity contribution < 1.29 is 4.74 Å². The minimum absolute atomic E-state index is 0.338. The number of nitrogens with zero attached hydrogens (tertiary/aromatic N) is 3. The van der Waals surface area contributed by atoms with Crippen LogP contribution in [0, 0.1) is 0 Å². The van der Waals surface area contributed by atoms with E-state index in [0.717, 1.165) is 49.0 Å². The molecule has 0 spiro atoms. The number of benzene rings is 1. The molecule has 1 aliphatic rings. The van der Waals surface area contributed by atoms with Gasteiger partial charge in [0.05, 0.1) is 12.2 Å². The topological polar surface area (TPSA) is 39.9 Å². The van der Waals surface area contributed by atoms with Crippen LogP contribution in [0.15, 0.2) is 53.0 Å². The maximum absolute atomic E-state index is 5.97. The van der Waals surface area contributed by atoms with E-state index in [0.29, 0.717) is 12.2 Å². The van der Waals surface area contributed by atoms with E-state index in [-0.39, 0.29) is 0 Å². The molecule has 1 aromatic carbocycles. The smallest absolute Gasteiger partial charge is 0.191 e. The SMILES string of the molecule is C[C@H]1CC[C@@H](CSc2nnc(Cc3cccs3)n2CCc2ccccc2)O1. The number of thioether (sulfide) groups is 1. The zero-order chi connectivity index (χ0) is 18.5. The van der Waals surface area contributed by atoms with Gasteiger partial charge in [0.2, 0.25) is 0 Å². The average molecular weight is 400 g/mol. The van der Waals surface area contributed by atoms with Crippen LogP contribution in [0.4, 0.5) is 0 Å². The van der Waals surface area contributed by atoms with Gasteiger partial charge in [0.15, 0.2) is 5.16 Å². The minimum Gasteiger partial charge on any atom is -0.374 e. The van der Waals surface area contributed by atoms with Crippen LogP contribution in [-0.2, 0) is 24.1 Å². The Balaban J connectivity index is 1.47. The predicted octanol–water partition coefficient (Wildman–Crippen LogP) is 4.83. The van der Waals surface area contributed by atoms with Crippen LogP contribution in [0.3, 0.4) is 0 Å². The lowest BCUT2D eigenvalue weighted by atomic mass is 10.1. The zero-order valence-corrected chi connectivity index (χ0v) is 17.2. The van der Waals surface area contributed by atoms with E-state index in [9.17, 15) is 0 Å². The molecule has 2 aromatic heterocycles. The normalized spacial score (nSPS) is 19.6. The maximum atomic E-state index is 5.97.